The number of benzene rings is 1. The standard InChI is InChI=1S/C19H20N4O2S/c1-13-6-4-7-14(17(13)19(24)23-9-2-3-10-23)20-12-16-21-18(22-25-16)15-8-5-11-26-15/h4-8,11,20H,2-3,9-10,12H2,1H3. The first-order chi connectivity index (χ1) is 12.7. The molecule has 3 heterocycles. The highest BCUT2D eigenvalue weighted by atomic mass is 32.1. The van der Waals surface area contributed by atoms with E-state index in [9.17, 15) is 4.79 Å². The topological polar surface area (TPSA) is 71.3 Å². The minimum Gasteiger partial charge on any atom is -0.375 e. The molecule has 0 spiro atoms. The van der Waals surface area contributed by atoms with Gasteiger partial charge in [-0.3, -0.25) is 4.79 Å². The highest BCUT2D eigenvalue weighted by Crippen LogP contribution is 2.25. The molecule has 7 heteroatoms. The third-order valence-electron chi connectivity index (χ3n) is 4.52. The van der Waals surface area contributed by atoms with E-state index in [2.05, 4.69) is 15.5 Å². The molecule has 3 aromatic rings. The number of hydrogen-bond donors (Lipinski definition) is 1. The largest absolute Gasteiger partial charge is 0.375 e. The van der Waals surface area contributed by atoms with Crippen molar-refractivity contribution in [1.29, 1.82) is 0 Å². The quantitative estimate of drug-likeness (QED) is 0.738. The van der Waals surface area contributed by atoms with Crippen LogP contribution in [0.15, 0.2) is 40.2 Å². The van der Waals surface area contributed by atoms with Gasteiger partial charge >= 0.3 is 0 Å². The third-order valence-corrected chi connectivity index (χ3v) is 5.39. The molecule has 0 atom stereocenters. The molecule has 1 fully saturated rings. The molecule has 1 aromatic carbocycles. The van der Waals surface area contributed by atoms with E-state index in [-0.39, 0.29) is 5.91 Å². The number of aryl methyl sites for hydroxylation is 1. The van der Waals surface area contributed by atoms with Gasteiger partial charge in [-0.25, -0.2) is 0 Å². The van der Waals surface area contributed by atoms with E-state index < -0.39 is 0 Å². The normalized spacial score (nSPS) is 14.0. The van der Waals surface area contributed by atoms with Crippen molar-refractivity contribution in [2.45, 2.75) is 26.3 Å². The maximum Gasteiger partial charge on any atom is 0.256 e. The summed E-state index contributed by atoms with van der Waals surface area (Å²) in [5.74, 6) is 1.18. The van der Waals surface area contributed by atoms with Crippen LogP contribution in [-0.2, 0) is 6.54 Å². The second kappa shape index (κ2) is 7.29. The van der Waals surface area contributed by atoms with Crippen molar-refractivity contribution < 1.29 is 9.32 Å². The average Bonchev–Trinajstić information content (AvgIpc) is 3.41. The minimum absolute atomic E-state index is 0.0907. The van der Waals surface area contributed by atoms with Gasteiger partial charge in [0, 0.05) is 18.8 Å². The van der Waals surface area contributed by atoms with Gasteiger partial charge in [-0.05, 0) is 42.8 Å². The van der Waals surface area contributed by atoms with Gasteiger partial charge < -0.3 is 14.7 Å². The molecule has 4 rings (SSSR count). The van der Waals surface area contributed by atoms with Crippen LogP contribution in [0.25, 0.3) is 10.7 Å². The Morgan fingerprint density at radius 3 is 2.88 bits per heavy atom. The summed E-state index contributed by atoms with van der Waals surface area (Å²) in [7, 11) is 0. The second-order valence-corrected chi connectivity index (χ2v) is 7.29. The van der Waals surface area contributed by atoms with Crippen LogP contribution in [0.1, 0.15) is 34.7 Å². The van der Waals surface area contributed by atoms with Crippen LogP contribution >= 0.6 is 11.3 Å². The summed E-state index contributed by atoms with van der Waals surface area (Å²) in [6, 6.07) is 9.75. The molecule has 1 aliphatic heterocycles. The molecule has 0 unspecified atom stereocenters. The van der Waals surface area contributed by atoms with E-state index >= 15 is 0 Å². The number of likely N-dealkylation sites (tertiary alicyclic amines) is 1. The van der Waals surface area contributed by atoms with Gasteiger partial charge in [0.25, 0.3) is 5.91 Å². The Morgan fingerprint density at radius 2 is 2.12 bits per heavy atom. The predicted octanol–water partition coefficient (Wildman–Crippen LogP) is 3.95. The number of thiophene rings is 1. The molecule has 1 amide bonds. The zero-order valence-electron chi connectivity index (χ0n) is 14.6. The summed E-state index contributed by atoms with van der Waals surface area (Å²) >= 11 is 1.57. The van der Waals surface area contributed by atoms with Gasteiger partial charge in [-0.1, -0.05) is 23.4 Å². The van der Waals surface area contributed by atoms with Gasteiger partial charge in [0.15, 0.2) is 0 Å². The summed E-state index contributed by atoms with van der Waals surface area (Å²) in [5, 5.41) is 9.29. The van der Waals surface area contributed by atoms with E-state index in [1.165, 1.54) is 0 Å². The van der Waals surface area contributed by atoms with Crippen LogP contribution in [0.2, 0.25) is 0 Å². The summed E-state index contributed by atoms with van der Waals surface area (Å²) < 4.78 is 5.33. The maximum atomic E-state index is 12.9. The molecule has 134 valence electrons. The monoisotopic (exact) mass is 368 g/mol. The van der Waals surface area contributed by atoms with Crippen LogP contribution in [0.3, 0.4) is 0 Å². The molecule has 6 nitrogen and oxygen atoms in total. The minimum atomic E-state index is 0.0907. The number of aromatic nitrogens is 2. The summed E-state index contributed by atoms with van der Waals surface area (Å²) in [6.07, 6.45) is 2.15. The fourth-order valence-corrected chi connectivity index (χ4v) is 3.83. The lowest BCUT2D eigenvalue weighted by atomic mass is 10.0. The van der Waals surface area contributed by atoms with Crippen LogP contribution in [0, 0.1) is 6.92 Å². The van der Waals surface area contributed by atoms with E-state index in [0.29, 0.717) is 18.3 Å². The molecule has 1 aliphatic rings. The first-order valence-corrected chi connectivity index (χ1v) is 9.59. The lowest BCUT2D eigenvalue weighted by Crippen LogP contribution is -2.29. The average molecular weight is 368 g/mol. The van der Waals surface area contributed by atoms with Crippen molar-refractivity contribution in [1.82, 2.24) is 15.0 Å². The highest BCUT2D eigenvalue weighted by molar-refractivity contribution is 7.13. The SMILES string of the molecule is Cc1cccc(NCc2nc(-c3cccs3)no2)c1C(=O)N1CCCC1. The van der Waals surface area contributed by atoms with Crippen LogP contribution in [-0.4, -0.2) is 34.0 Å². The van der Waals surface area contributed by atoms with Gasteiger partial charge in [-0.2, -0.15) is 4.98 Å². The molecule has 1 saturated heterocycles. The molecule has 0 bridgehead atoms. The number of nitrogens with zero attached hydrogens (tertiary/aromatic N) is 3. The predicted molar refractivity (Wildman–Crippen MR) is 101 cm³/mol. The lowest BCUT2D eigenvalue weighted by molar-refractivity contribution is 0.0793. The smallest absolute Gasteiger partial charge is 0.256 e. The number of nitrogens with one attached hydrogen (secondary N) is 1. The fourth-order valence-electron chi connectivity index (χ4n) is 3.18. The molecule has 2 aromatic heterocycles. The zero-order valence-corrected chi connectivity index (χ0v) is 15.4. The molecule has 0 saturated carbocycles. The Hall–Kier alpha value is -2.67. The third kappa shape index (κ3) is 3.35. The lowest BCUT2D eigenvalue weighted by Gasteiger charge is -2.19. The van der Waals surface area contributed by atoms with Crippen molar-refractivity contribution in [3.05, 3.63) is 52.7 Å². The molecule has 1 N–H and O–H groups in total. The first-order valence-electron chi connectivity index (χ1n) is 8.71. The Morgan fingerprint density at radius 1 is 1.27 bits per heavy atom. The van der Waals surface area contributed by atoms with Crippen molar-refractivity contribution in [3.8, 4) is 10.7 Å². The number of anilines is 1. The number of amides is 1. The summed E-state index contributed by atoms with van der Waals surface area (Å²) in [6.45, 7) is 4.01. The van der Waals surface area contributed by atoms with E-state index in [4.69, 9.17) is 4.52 Å². The molecule has 26 heavy (non-hydrogen) atoms. The Bertz CT molecular complexity index is 898. The van der Waals surface area contributed by atoms with E-state index in [0.717, 1.165) is 47.6 Å². The number of hydrogen-bond acceptors (Lipinski definition) is 6. The Balaban J connectivity index is 1.51. The van der Waals surface area contributed by atoms with Crippen molar-refractivity contribution in [3.63, 3.8) is 0 Å². The summed E-state index contributed by atoms with van der Waals surface area (Å²) in [4.78, 5) is 20.2. The Kier molecular flexibility index (Phi) is 4.71. The molecular formula is C19H20N4O2S. The number of rotatable bonds is 5. The van der Waals surface area contributed by atoms with Gasteiger partial charge in [0.05, 0.1) is 17.0 Å². The van der Waals surface area contributed by atoms with Gasteiger partial charge in [0.2, 0.25) is 11.7 Å². The second-order valence-electron chi connectivity index (χ2n) is 6.34. The number of carbonyl (C=O) groups is 1. The molecule has 0 aliphatic carbocycles. The van der Waals surface area contributed by atoms with Crippen LogP contribution in [0.5, 0.6) is 0 Å². The fraction of sp³-hybridized carbons (Fsp3) is 0.316. The van der Waals surface area contributed by atoms with Gasteiger partial charge in [0.1, 0.15) is 0 Å². The van der Waals surface area contributed by atoms with Crippen LogP contribution < -0.4 is 5.32 Å². The maximum absolute atomic E-state index is 12.9. The van der Waals surface area contributed by atoms with Gasteiger partial charge in [-0.15, -0.1) is 11.3 Å². The van der Waals surface area contributed by atoms with E-state index in [1.807, 2.05) is 47.5 Å². The van der Waals surface area contributed by atoms with Crippen LogP contribution in [0.4, 0.5) is 5.69 Å². The molecule has 0 radical (unpaired) electrons. The first kappa shape index (κ1) is 16.8. The Labute approximate surface area is 155 Å². The van der Waals surface area contributed by atoms with Crippen molar-refractivity contribution >= 4 is 22.9 Å². The van der Waals surface area contributed by atoms with E-state index in [1.54, 1.807) is 11.3 Å². The number of carbonyl (C=O) groups excluding carboxylic acids is 1. The highest BCUT2D eigenvalue weighted by Gasteiger charge is 2.23. The summed E-state index contributed by atoms with van der Waals surface area (Å²) in [5.41, 5.74) is 2.50. The molecular weight excluding hydrogens is 348 g/mol. The van der Waals surface area contributed by atoms with Crippen molar-refractivity contribution in [2.24, 2.45) is 0 Å². The van der Waals surface area contributed by atoms with Crippen molar-refractivity contribution in [2.75, 3.05) is 18.4 Å². The zero-order chi connectivity index (χ0) is 17.9.